The van der Waals surface area contributed by atoms with Crippen LogP contribution in [0.4, 0.5) is 11.5 Å². The highest BCUT2D eigenvalue weighted by atomic mass is 32.2. The van der Waals surface area contributed by atoms with Crippen molar-refractivity contribution in [2.75, 3.05) is 17.1 Å². The number of para-hydroxylation sites is 1. The van der Waals surface area contributed by atoms with Gasteiger partial charge in [-0.2, -0.15) is 0 Å². The van der Waals surface area contributed by atoms with Gasteiger partial charge in [-0.25, -0.2) is 18.4 Å². The van der Waals surface area contributed by atoms with Crippen molar-refractivity contribution in [1.29, 1.82) is 0 Å². The second kappa shape index (κ2) is 7.66. The van der Waals surface area contributed by atoms with Gasteiger partial charge in [0, 0.05) is 24.5 Å². The van der Waals surface area contributed by atoms with E-state index < -0.39 is 10.0 Å². The number of aromatic amines is 1. The van der Waals surface area contributed by atoms with Crippen LogP contribution in [-0.2, 0) is 10.0 Å². The highest BCUT2D eigenvalue weighted by Crippen LogP contribution is 2.22. The summed E-state index contributed by atoms with van der Waals surface area (Å²) in [5.41, 5.74) is 2.48. The van der Waals surface area contributed by atoms with E-state index in [-0.39, 0.29) is 4.90 Å². The highest BCUT2D eigenvalue weighted by Gasteiger charge is 2.14. The van der Waals surface area contributed by atoms with E-state index in [1.54, 1.807) is 55.7 Å². The van der Waals surface area contributed by atoms with Gasteiger partial charge >= 0.3 is 0 Å². The SMILES string of the molecule is CNc1ncnc2[nH]cc(C#Cc3cccc(S(=O)(=O)Nc4ccccc4)c3)c12. The number of anilines is 2. The van der Waals surface area contributed by atoms with E-state index in [9.17, 15) is 8.42 Å². The fourth-order valence-corrected chi connectivity index (χ4v) is 3.96. The van der Waals surface area contributed by atoms with Gasteiger partial charge in [0.25, 0.3) is 10.0 Å². The van der Waals surface area contributed by atoms with Crippen LogP contribution in [-0.4, -0.2) is 30.4 Å². The topological polar surface area (TPSA) is 99.8 Å². The molecule has 0 saturated carbocycles. The Bertz CT molecular complexity index is 1340. The Labute approximate surface area is 168 Å². The lowest BCUT2D eigenvalue weighted by atomic mass is 10.2. The Morgan fingerprint density at radius 2 is 1.83 bits per heavy atom. The molecule has 2 aromatic carbocycles. The van der Waals surface area contributed by atoms with Gasteiger partial charge in [-0.05, 0) is 30.3 Å². The number of H-pyrrole nitrogens is 1. The standard InChI is InChI=1S/C21H17N5O2S/c1-22-20-19-16(13-23-21(19)25-14-24-20)11-10-15-6-5-9-18(12-15)29(27,28)26-17-7-3-2-4-8-17/h2-9,12-14,26H,1H3,(H2,22,23,24,25). The molecule has 0 spiro atoms. The van der Waals surface area contributed by atoms with Crippen LogP contribution in [0.3, 0.4) is 0 Å². The van der Waals surface area contributed by atoms with Gasteiger partial charge in [-0.15, -0.1) is 0 Å². The lowest BCUT2D eigenvalue weighted by molar-refractivity contribution is 0.601. The first-order valence-electron chi connectivity index (χ1n) is 8.76. The number of benzene rings is 2. The fourth-order valence-electron chi connectivity index (χ4n) is 2.85. The Balaban J connectivity index is 1.66. The molecule has 4 aromatic rings. The molecule has 3 N–H and O–H groups in total. The van der Waals surface area contributed by atoms with Crippen LogP contribution in [0.15, 0.2) is 72.0 Å². The summed E-state index contributed by atoms with van der Waals surface area (Å²) >= 11 is 0. The Kier molecular flexibility index (Phi) is 4.89. The monoisotopic (exact) mass is 403 g/mol. The third-order valence-electron chi connectivity index (χ3n) is 4.22. The van der Waals surface area contributed by atoms with Crippen LogP contribution >= 0.6 is 0 Å². The van der Waals surface area contributed by atoms with Gasteiger partial charge in [-0.1, -0.05) is 36.1 Å². The molecule has 4 rings (SSSR count). The molecule has 2 heterocycles. The minimum absolute atomic E-state index is 0.145. The predicted octanol–water partition coefficient (Wildman–Crippen LogP) is 3.20. The van der Waals surface area contributed by atoms with Crippen molar-refractivity contribution in [3.05, 3.63) is 78.2 Å². The number of sulfonamides is 1. The molecule has 0 radical (unpaired) electrons. The molecular formula is C21H17N5O2S. The molecule has 0 aliphatic carbocycles. The number of hydrogen-bond acceptors (Lipinski definition) is 5. The molecule has 0 saturated heterocycles. The zero-order chi connectivity index (χ0) is 20.3. The minimum Gasteiger partial charge on any atom is -0.372 e. The van der Waals surface area contributed by atoms with Gasteiger partial charge in [-0.3, -0.25) is 4.72 Å². The van der Waals surface area contributed by atoms with Crippen molar-refractivity contribution in [2.24, 2.45) is 0 Å². The first-order chi connectivity index (χ1) is 14.1. The van der Waals surface area contributed by atoms with Crippen LogP contribution in [0.2, 0.25) is 0 Å². The first kappa shape index (κ1) is 18.5. The van der Waals surface area contributed by atoms with Crippen molar-refractivity contribution >= 4 is 32.6 Å². The average Bonchev–Trinajstić information content (AvgIpc) is 3.16. The molecule has 0 amide bonds. The lowest BCUT2D eigenvalue weighted by Gasteiger charge is -2.08. The number of fused-ring (bicyclic) bond motifs is 1. The van der Waals surface area contributed by atoms with Gasteiger partial charge in [0.05, 0.1) is 15.8 Å². The van der Waals surface area contributed by atoms with E-state index >= 15 is 0 Å². The molecule has 7 nitrogen and oxygen atoms in total. The predicted molar refractivity (Wildman–Crippen MR) is 113 cm³/mol. The molecule has 2 aromatic heterocycles. The van der Waals surface area contributed by atoms with Crippen LogP contribution in [0.5, 0.6) is 0 Å². The third-order valence-corrected chi connectivity index (χ3v) is 5.60. The molecule has 0 bridgehead atoms. The summed E-state index contributed by atoms with van der Waals surface area (Å²) in [6.45, 7) is 0. The van der Waals surface area contributed by atoms with Gasteiger partial charge in [0.1, 0.15) is 17.8 Å². The Morgan fingerprint density at radius 3 is 2.62 bits per heavy atom. The number of hydrogen-bond donors (Lipinski definition) is 3. The summed E-state index contributed by atoms with van der Waals surface area (Å²) in [6.07, 6.45) is 3.22. The first-order valence-corrected chi connectivity index (χ1v) is 10.2. The number of nitrogens with zero attached hydrogens (tertiary/aromatic N) is 2. The smallest absolute Gasteiger partial charge is 0.261 e. The van der Waals surface area contributed by atoms with Crippen LogP contribution in [0.25, 0.3) is 11.0 Å². The Hall–Kier alpha value is -3.83. The van der Waals surface area contributed by atoms with E-state index in [0.717, 1.165) is 10.9 Å². The fraction of sp³-hybridized carbons (Fsp3) is 0.0476. The van der Waals surface area contributed by atoms with Crippen molar-refractivity contribution in [1.82, 2.24) is 15.0 Å². The van der Waals surface area contributed by atoms with E-state index in [1.165, 1.54) is 12.4 Å². The second-order valence-corrected chi connectivity index (χ2v) is 7.83. The van der Waals surface area contributed by atoms with Crippen LogP contribution in [0.1, 0.15) is 11.1 Å². The van der Waals surface area contributed by atoms with Crippen molar-refractivity contribution in [3.63, 3.8) is 0 Å². The maximum Gasteiger partial charge on any atom is 0.261 e. The molecular weight excluding hydrogens is 386 g/mol. The van der Waals surface area contributed by atoms with E-state index in [0.29, 0.717) is 22.7 Å². The molecule has 0 aliphatic rings. The summed E-state index contributed by atoms with van der Waals surface area (Å²) < 4.78 is 27.9. The quantitative estimate of drug-likeness (QED) is 0.455. The molecule has 0 fully saturated rings. The van der Waals surface area contributed by atoms with Crippen molar-refractivity contribution in [3.8, 4) is 11.8 Å². The average molecular weight is 403 g/mol. The zero-order valence-electron chi connectivity index (χ0n) is 15.5. The van der Waals surface area contributed by atoms with Gasteiger partial charge in [0.15, 0.2) is 0 Å². The molecule has 29 heavy (non-hydrogen) atoms. The number of rotatable bonds is 4. The largest absolute Gasteiger partial charge is 0.372 e. The lowest BCUT2D eigenvalue weighted by Crippen LogP contribution is -2.12. The summed E-state index contributed by atoms with van der Waals surface area (Å²) in [5.74, 6) is 6.76. The van der Waals surface area contributed by atoms with Crippen molar-refractivity contribution in [2.45, 2.75) is 4.90 Å². The summed E-state index contributed by atoms with van der Waals surface area (Å²) in [7, 11) is -1.93. The number of aromatic nitrogens is 3. The molecule has 144 valence electrons. The maximum absolute atomic E-state index is 12.7. The normalized spacial score (nSPS) is 10.9. The van der Waals surface area contributed by atoms with Crippen LogP contribution in [0, 0.1) is 11.8 Å². The van der Waals surface area contributed by atoms with E-state index in [1.807, 2.05) is 6.07 Å². The van der Waals surface area contributed by atoms with Crippen molar-refractivity contribution < 1.29 is 8.42 Å². The molecule has 0 aliphatic heterocycles. The maximum atomic E-state index is 12.7. The molecule has 0 atom stereocenters. The minimum atomic E-state index is -3.71. The summed E-state index contributed by atoms with van der Waals surface area (Å²) in [4.78, 5) is 11.6. The van der Waals surface area contributed by atoms with Crippen LogP contribution < -0.4 is 10.0 Å². The number of nitrogens with one attached hydrogen (secondary N) is 3. The summed E-state index contributed by atoms with van der Waals surface area (Å²) in [6, 6.07) is 15.3. The van der Waals surface area contributed by atoms with Gasteiger partial charge < -0.3 is 10.3 Å². The highest BCUT2D eigenvalue weighted by molar-refractivity contribution is 7.92. The summed E-state index contributed by atoms with van der Waals surface area (Å²) in [5, 5.41) is 3.81. The zero-order valence-corrected chi connectivity index (χ0v) is 16.3. The molecule has 0 unspecified atom stereocenters. The van der Waals surface area contributed by atoms with E-state index in [2.05, 4.69) is 36.8 Å². The third kappa shape index (κ3) is 3.90. The van der Waals surface area contributed by atoms with E-state index in [4.69, 9.17) is 0 Å². The van der Waals surface area contributed by atoms with Gasteiger partial charge in [0.2, 0.25) is 0 Å². The Morgan fingerprint density at radius 1 is 1.00 bits per heavy atom. The molecule has 8 heteroatoms. The second-order valence-electron chi connectivity index (χ2n) is 6.15.